The molecular formula is C23H23F2N7O2. The SMILES string of the molecule is CC(C)(C)c1cccc(CN=CC(=NN)c2cc(-c3ccc(F)c(F)c3)nc(N)n2)n1.O=C=O. The Kier molecular flexibility index (Phi) is 8.74. The van der Waals surface area contributed by atoms with E-state index in [0.29, 0.717) is 23.5 Å². The number of hydrogen-bond acceptors (Lipinski definition) is 9. The molecule has 0 saturated heterocycles. The van der Waals surface area contributed by atoms with Crippen LogP contribution in [0.1, 0.15) is 37.9 Å². The van der Waals surface area contributed by atoms with E-state index in [2.05, 4.69) is 45.8 Å². The molecule has 0 unspecified atom stereocenters. The molecule has 176 valence electrons. The Bertz CT molecular complexity index is 1250. The summed E-state index contributed by atoms with van der Waals surface area (Å²) in [6, 6.07) is 10.8. The van der Waals surface area contributed by atoms with E-state index in [1.54, 1.807) is 0 Å². The van der Waals surface area contributed by atoms with Gasteiger partial charge in [-0.15, -0.1) is 0 Å². The highest BCUT2D eigenvalue weighted by Gasteiger charge is 2.15. The molecule has 0 atom stereocenters. The van der Waals surface area contributed by atoms with E-state index >= 15 is 0 Å². The van der Waals surface area contributed by atoms with E-state index in [9.17, 15) is 8.78 Å². The Morgan fingerprint density at radius 3 is 2.38 bits per heavy atom. The van der Waals surface area contributed by atoms with E-state index in [4.69, 9.17) is 21.2 Å². The van der Waals surface area contributed by atoms with E-state index in [0.717, 1.165) is 23.5 Å². The molecule has 0 bridgehead atoms. The lowest BCUT2D eigenvalue weighted by Crippen LogP contribution is -2.14. The summed E-state index contributed by atoms with van der Waals surface area (Å²) in [5.41, 5.74) is 8.68. The number of carbonyl (C=O) groups excluding carboxylic acids is 2. The maximum absolute atomic E-state index is 13.6. The third-order valence-corrected chi connectivity index (χ3v) is 4.40. The Labute approximate surface area is 194 Å². The standard InChI is InChI=1S/C22H23F2N7.CO2/c1-22(2,3)20-6-4-5-14(28-20)11-27-12-19(31-26)18-10-17(29-21(25)30-18)13-7-8-15(23)16(24)9-13;2-1-3/h4-10,12H,11,26H2,1-3H3,(H2,25,29,30);. The molecule has 0 radical (unpaired) electrons. The average Bonchev–Trinajstić information content (AvgIpc) is 2.78. The van der Waals surface area contributed by atoms with Crippen molar-refractivity contribution in [2.24, 2.45) is 15.9 Å². The minimum atomic E-state index is -0.990. The number of benzene rings is 1. The summed E-state index contributed by atoms with van der Waals surface area (Å²) in [6.07, 6.45) is 1.71. The molecule has 0 amide bonds. The smallest absolute Gasteiger partial charge is 0.368 e. The lowest BCUT2D eigenvalue weighted by atomic mass is 9.91. The fraction of sp³-hybridized carbons (Fsp3) is 0.217. The molecule has 2 heterocycles. The van der Waals surface area contributed by atoms with Crippen molar-refractivity contribution in [1.82, 2.24) is 15.0 Å². The molecule has 3 aromatic rings. The predicted octanol–water partition coefficient (Wildman–Crippen LogP) is 3.05. The van der Waals surface area contributed by atoms with Gasteiger partial charge in [0.2, 0.25) is 5.95 Å². The van der Waals surface area contributed by atoms with Gasteiger partial charge in [-0.05, 0) is 36.4 Å². The first kappa shape index (κ1) is 25.9. The molecule has 0 saturated carbocycles. The van der Waals surface area contributed by atoms with Gasteiger partial charge in [0.1, 0.15) is 5.71 Å². The van der Waals surface area contributed by atoms with E-state index in [1.165, 1.54) is 18.3 Å². The van der Waals surface area contributed by atoms with Gasteiger partial charge in [0.25, 0.3) is 0 Å². The van der Waals surface area contributed by atoms with Crippen molar-refractivity contribution in [3.63, 3.8) is 0 Å². The normalized spacial score (nSPS) is 11.6. The van der Waals surface area contributed by atoms with E-state index in [-0.39, 0.29) is 23.2 Å². The minimum absolute atomic E-state index is 0.0636. The van der Waals surface area contributed by atoms with Gasteiger partial charge in [0.15, 0.2) is 11.6 Å². The molecule has 34 heavy (non-hydrogen) atoms. The lowest BCUT2D eigenvalue weighted by molar-refractivity contribution is -0.191. The number of rotatable bonds is 5. The summed E-state index contributed by atoms with van der Waals surface area (Å²) in [7, 11) is 0. The number of aliphatic imine (C=N–C) groups is 1. The molecule has 9 nitrogen and oxygen atoms in total. The van der Waals surface area contributed by atoms with Crippen molar-refractivity contribution in [2.45, 2.75) is 32.7 Å². The van der Waals surface area contributed by atoms with Gasteiger partial charge in [-0.3, -0.25) is 9.98 Å². The molecule has 0 aliphatic carbocycles. The first-order chi connectivity index (χ1) is 16.1. The second-order valence-electron chi connectivity index (χ2n) is 7.96. The number of nitrogens with two attached hydrogens (primary N) is 2. The van der Waals surface area contributed by atoms with Crippen molar-refractivity contribution in [3.8, 4) is 11.3 Å². The van der Waals surface area contributed by atoms with Gasteiger partial charge >= 0.3 is 6.15 Å². The molecule has 0 aliphatic rings. The summed E-state index contributed by atoms with van der Waals surface area (Å²) in [5.74, 6) is 3.51. The van der Waals surface area contributed by atoms with Gasteiger partial charge in [-0.1, -0.05) is 26.8 Å². The largest absolute Gasteiger partial charge is 0.373 e. The molecule has 0 aliphatic heterocycles. The van der Waals surface area contributed by atoms with Crippen LogP contribution in [0.4, 0.5) is 14.7 Å². The monoisotopic (exact) mass is 467 g/mol. The Morgan fingerprint density at radius 2 is 1.76 bits per heavy atom. The number of aromatic nitrogens is 3. The topological polar surface area (TPSA) is 150 Å². The first-order valence-corrected chi connectivity index (χ1v) is 9.92. The quantitative estimate of drug-likeness (QED) is 0.333. The van der Waals surface area contributed by atoms with Crippen LogP contribution in [0.25, 0.3) is 11.3 Å². The van der Waals surface area contributed by atoms with Crippen LogP contribution in [-0.2, 0) is 21.5 Å². The highest BCUT2D eigenvalue weighted by molar-refractivity contribution is 6.37. The van der Waals surface area contributed by atoms with Crippen molar-refractivity contribution in [3.05, 3.63) is 71.2 Å². The van der Waals surface area contributed by atoms with Crippen LogP contribution in [0.5, 0.6) is 0 Å². The number of nitrogen functional groups attached to an aromatic ring is 1. The maximum atomic E-state index is 13.6. The molecule has 0 fully saturated rings. The molecule has 1 aromatic carbocycles. The van der Waals surface area contributed by atoms with Crippen LogP contribution < -0.4 is 11.6 Å². The van der Waals surface area contributed by atoms with Crippen LogP contribution in [-0.4, -0.2) is 33.0 Å². The zero-order chi connectivity index (χ0) is 25.3. The van der Waals surface area contributed by atoms with Gasteiger partial charge < -0.3 is 11.6 Å². The number of hydrazone groups is 1. The van der Waals surface area contributed by atoms with Gasteiger partial charge in [0, 0.05) is 16.7 Å². The summed E-state index contributed by atoms with van der Waals surface area (Å²) >= 11 is 0. The minimum Gasteiger partial charge on any atom is -0.368 e. The van der Waals surface area contributed by atoms with Crippen molar-refractivity contribution < 1.29 is 18.4 Å². The zero-order valence-corrected chi connectivity index (χ0v) is 18.8. The molecule has 11 heteroatoms. The van der Waals surface area contributed by atoms with Gasteiger partial charge in [0.05, 0.1) is 29.8 Å². The molecule has 2 aromatic heterocycles. The first-order valence-electron chi connectivity index (χ1n) is 9.92. The third-order valence-electron chi connectivity index (χ3n) is 4.40. The molecule has 3 rings (SSSR count). The summed E-state index contributed by atoms with van der Waals surface area (Å²) in [6.45, 7) is 6.59. The summed E-state index contributed by atoms with van der Waals surface area (Å²) in [5, 5.41) is 3.72. The van der Waals surface area contributed by atoms with Gasteiger partial charge in [-0.2, -0.15) is 14.7 Å². The Morgan fingerprint density at radius 1 is 1.06 bits per heavy atom. The van der Waals surface area contributed by atoms with Crippen molar-refractivity contribution in [1.29, 1.82) is 0 Å². The second-order valence-corrected chi connectivity index (χ2v) is 7.96. The zero-order valence-electron chi connectivity index (χ0n) is 18.8. The van der Waals surface area contributed by atoms with E-state index < -0.39 is 11.6 Å². The average molecular weight is 467 g/mol. The highest BCUT2D eigenvalue weighted by Crippen LogP contribution is 2.22. The predicted molar refractivity (Wildman–Crippen MR) is 123 cm³/mol. The number of hydrogen-bond donors (Lipinski definition) is 2. The third kappa shape index (κ3) is 7.07. The Balaban J connectivity index is 0.00000129. The fourth-order valence-corrected chi connectivity index (χ4v) is 2.78. The van der Waals surface area contributed by atoms with Crippen molar-refractivity contribution >= 4 is 24.0 Å². The molecular weight excluding hydrogens is 444 g/mol. The lowest BCUT2D eigenvalue weighted by Gasteiger charge is -2.17. The van der Waals surface area contributed by atoms with E-state index in [1.807, 2.05) is 18.2 Å². The fourth-order valence-electron chi connectivity index (χ4n) is 2.78. The van der Waals surface area contributed by atoms with Crippen LogP contribution in [0.2, 0.25) is 0 Å². The van der Waals surface area contributed by atoms with Crippen LogP contribution >= 0.6 is 0 Å². The van der Waals surface area contributed by atoms with Crippen LogP contribution in [0.15, 0.2) is 52.6 Å². The number of anilines is 1. The molecule has 4 N–H and O–H groups in total. The summed E-state index contributed by atoms with van der Waals surface area (Å²) < 4.78 is 26.8. The second kappa shape index (κ2) is 11.5. The molecule has 0 spiro atoms. The number of nitrogens with zero attached hydrogens (tertiary/aromatic N) is 5. The highest BCUT2D eigenvalue weighted by atomic mass is 19.2. The number of pyridine rings is 1. The van der Waals surface area contributed by atoms with Crippen molar-refractivity contribution in [2.75, 3.05) is 5.73 Å². The van der Waals surface area contributed by atoms with Crippen LogP contribution in [0.3, 0.4) is 0 Å². The van der Waals surface area contributed by atoms with Crippen LogP contribution in [0, 0.1) is 11.6 Å². The number of halogens is 2. The van der Waals surface area contributed by atoms with Gasteiger partial charge in [-0.25, -0.2) is 18.7 Å². The Hall–Kier alpha value is -4.37. The maximum Gasteiger partial charge on any atom is 0.373 e. The summed E-state index contributed by atoms with van der Waals surface area (Å²) in [4.78, 5) is 33.4.